The summed E-state index contributed by atoms with van der Waals surface area (Å²) in [5.74, 6) is 0.766. The molecule has 4 heteroatoms. The fourth-order valence-electron chi connectivity index (χ4n) is 0.415. The number of carbonyl (C=O) groups is 1. The molecule has 0 aliphatic heterocycles. The molecule has 2 N–H and O–H groups in total. The smallest absolute Gasteiger partial charge is 0.225 e. The first kappa shape index (κ1) is 7.94. The number of aliphatic imine (C=N–C) groups is 1. The maximum absolute atomic E-state index is 9.71. The van der Waals surface area contributed by atoms with E-state index in [1.165, 1.54) is 0 Å². The van der Waals surface area contributed by atoms with E-state index in [-0.39, 0.29) is 0 Å². The average Bonchev–Trinajstić information content (AvgIpc) is 1.91. The zero-order valence-corrected chi connectivity index (χ0v) is 5.64. The SMILES string of the molecule is CCC(=NC)NNC=O. The highest BCUT2D eigenvalue weighted by Crippen LogP contribution is 1.75. The molecule has 0 radical (unpaired) electrons. The molecule has 4 nitrogen and oxygen atoms in total. The summed E-state index contributed by atoms with van der Waals surface area (Å²) in [6.07, 6.45) is 1.36. The molecule has 1 amide bonds. The second-order valence-corrected chi connectivity index (χ2v) is 1.41. The number of hydrogen-bond acceptors (Lipinski definition) is 2. The second-order valence-electron chi connectivity index (χ2n) is 1.41. The molecule has 0 rings (SSSR count). The quantitative estimate of drug-likeness (QED) is 0.237. The lowest BCUT2D eigenvalue weighted by Gasteiger charge is -2.02. The molecule has 0 aliphatic rings. The number of hydrogen-bond donors (Lipinski definition) is 2. The zero-order chi connectivity index (χ0) is 7.11. The van der Waals surface area contributed by atoms with Gasteiger partial charge in [-0.1, -0.05) is 6.92 Å². The van der Waals surface area contributed by atoms with Crippen molar-refractivity contribution < 1.29 is 4.79 Å². The molecule has 0 aromatic carbocycles. The van der Waals surface area contributed by atoms with Crippen LogP contribution in [0.1, 0.15) is 13.3 Å². The largest absolute Gasteiger partial charge is 0.286 e. The first-order valence-electron chi connectivity index (χ1n) is 2.76. The minimum absolute atomic E-state index is 0.570. The summed E-state index contributed by atoms with van der Waals surface area (Å²) in [6, 6.07) is 0. The third kappa shape index (κ3) is 3.52. The Balaban J connectivity index is 3.44. The molecule has 0 aromatic heterocycles. The number of amides is 1. The molecule has 0 saturated carbocycles. The van der Waals surface area contributed by atoms with Crippen LogP contribution in [0, 0.1) is 0 Å². The van der Waals surface area contributed by atoms with Gasteiger partial charge in [-0.05, 0) is 0 Å². The molecule has 0 fully saturated rings. The number of hydrazine groups is 1. The number of nitrogens with one attached hydrogen (secondary N) is 2. The van der Waals surface area contributed by atoms with Crippen molar-refractivity contribution >= 4 is 12.2 Å². The molecule has 0 unspecified atom stereocenters. The Labute approximate surface area is 54.3 Å². The van der Waals surface area contributed by atoms with E-state index in [9.17, 15) is 4.79 Å². The van der Waals surface area contributed by atoms with E-state index in [1.807, 2.05) is 6.92 Å². The molecule has 0 aromatic rings. The van der Waals surface area contributed by atoms with Gasteiger partial charge in [0, 0.05) is 13.5 Å². The Hall–Kier alpha value is -1.06. The third-order valence-electron chi connectivity index (χ3n) is 0.880. The highest BCUT2D eigenvalue weighted by atomic mass is 16.1. The first-order chi connectivity index (χ1) is 4.35. The standard InChI is InChI=1S/C5H11N3O/c1-3-5(6-2)8-7-4-9/h4H,3H2,1-2H3,(H,6,8)(H,7,9). The van der Waals surface area contributed by atoms with Crippen molar-refractivity contribution in [2.24, 2.45) is 4.99 Å². The van der Waals surface area contributed by atoms with Crippen molar-refractivity contribution in [1.82, 2.24) is 10.9 Å². The fraction of sp³-hybridized carbons (Fsp3) is 0.600. The fourth-order valence-corrected chi connectivity index (χ4v) is 0.415. The number of nitrogens with zero attached hydrogens (tertiary/aromatic N) is 1. The lowest BCUT2D eigenvalue weighted by atomic mass is 10.4. The van der Waals surface area contributed by atoms with E-state index in [2.05, 4.69) is 15.8 Å². The van der Waals surface area contributed by atoms with Gasteiger partial charge in [-0.3, -0.25) is 20.6 Å². The Morgan fingerprint density at radius 1 is 1.78 bits per heavy atom. The van der Waals surface area contributed by atoms with Crippen LogP contribution >= 0.6 is 0 Å². The van der Waals surface area contributed by atoms with E-state index in [1.54, 1.807) is 7.05 Å². The molecule has 0 atom stereocenters. The van der Waals surface area contributed by atoms with E-state index in [0.717, 1.165) is 12.3 Å². The van der Waals surface area contributed by atoms with Crippen molar-refractivity contribution in [3.63, 3.8) is 0 Å². The summed E-state index contributed by atoms with van der Waals surface area (Å²) in [6.45, 7) is 1.95. The van der Waals surface area contributed by atoms with Gasteiger partial charge in [0.05, 0.1) is 0 Å². The number of carbonyl (C=O) groups excluding carboxylic acids is 1. The summed E-state index contributed by atoms with van der Waals surface area (Å²) in [5, 5.41) is 0. The van der Waals surface area contributed by atoms with Gasteiger partial charge < -0.3 is 0 Å². The molecule has 0 saturated heterocycles. The van der Waals surface area contributed by atoms with Crippen LogP contribution in [0.2, 0.25) is 0 Å². The Bertz CT molecular complexity index is 111. The summed E-state index contributed by atoms with van der Waals surface area (Å²) in [5.41, 5.74) is 4.89. The number of rotatable bonds is 3. The van der Waals surface area contributed by atoms with Crippen LogP contribution in [0.4, 0.5) is 0 Å². The van der Waals surface area contributed by atoms with Crippen LogP contribution in [-0.2, 0) is 4.79 Å². The Kier molecular flexibility index (Phi) is 4.49. The van der Waals surface area contributed by atoms with Gasteiger partial charge in [-0.2, -0.15) is 0 Å². The summed E-state index contributed by atoms with van der Waals surface area (Å²) in [4.78, 5) is 13.5. The Morgan fingerprint density at radius 3 is 2.78 bits per heavy atom. The van der Waals surface area contributed by atoms with Crippen molar-refractivity contribution in [2.75, 3.05) is 7.05 Å². The topological polar surface area (TPSA) is 53.5 Å². The Morgan fingerprint density at radius 2 is 2.44 bits per heavy atom. The zero-order valence-electron chi connectivity index (χ0n) is 5.64. The average molecular weight is 129 g/mol. The molecule has 0 aliphatic carbocycles. The van der Waals surface area contributed by atoms with Crippen LogP contribution in [0.25, 0.3) is 0 Å². The monoisotopic (exact) mass is 129 g/mol. The summed E-state index contributed by atoms with van der Waals surface area (Å²) < 4.78 is 0. The predicted octanol–water partition coefficient (Wildman–Crippen LogP) is -0.325. The highest BCUT2D eigenvalue weighted by Gasteiger charge is 1.87. The van der Waals surface area contributed by atoms with E-state index in [4.69, 9.17) is 0 Å². The third-order valence-corrected chi connectivity index (χ3v) is 0.880. The maximum Gasteiger partial charge on any atom is 0.225 e. The van der Waals surface area contributed by atoms with Gasteiger partial charge >= 0.3 is 0 Å². The summed E-state index contributed by atoms with van der Waals surface area (Å²) in [7, 11) is 1.66. The first-order valence-corrected chi connectivity index (χ1v) is 2.76. The van der Waals surface area contributed by atoms with Gasteiger partial charge in [-0.25, -0.2) is 0 Å². The van der Waals surface area contributed by atoms with Gasteiger partial charge in [0.1, 0.15) is 5.84 Å². The van der Waals surface area contributed by atoms with Crippen molar-refractivity contribution in [2.45, 2.75) is 13.3 Å². The lowest BCUT2D eigenvalue weighted by Crippen LogP contribution is -2.35. The molecular weight excluding hydrogens is 118 g/mol. The minimum Gasteiger partial charge on any atom is -0.286 e. The summed E-state index contributed by atoms with van der Waals surface area (Å²) >= 11 is 0. The van der Waals surface area contributed by atoms with E-state index < -0.39 is 0 Å². The maximum atomic E-state index is 9.71. The van der Waals surface area contributed by atoms with Crippen LogP contribution in [0.15, 0.2) is 4.99 Å². The lowest BCUT2D eigenvalue weighted by molar-refractivity contribution is -0.110. The molecule has 0 spiro atoms. The van der Waals surface area contributed by atoms with Gasteiger partial charge in [0.2, 0.25) is 6.41 Å². The van der Waals surface area contributed by atoms with E-state index >= 15 is 0 Å². The highest BCUT2D eigenvalue weighted by molar-refractivity contribution is 5.82. The molecule has 9 heavy (non-hydrogen) atoms. The van der Waals surface area contributed by atoms with Gasteiger partial charge in [-0.15, -0.1) is 0 Å². The van der Waals surface area contributed by atoms with Crippen LogP contribution in [0.3, 0.4) is 0 Å². The molecular formula is C5H11N3O. The van der Waals surface area contributed by atoms with Crippen molar-refractivity contribution in [3.05, 3.63) is 0 Å². The van der Waals surface area contributed by atoms with Crippen LogP contribution < -0.4 is 10.9 Å². The molecule has 0 heterocycles. The second kappa shape index (κ2) is 5.08. The van der Waals surface area contributed by atoms with Crippen molar-refractivity contribution in [1.29, 1.82) is 0 Å². The van der Waals surface area contributed by atoms with Crippen LogP contribution in [-0.4, -0.2) is 19.3 Å². The minimum atomic E-state index is 0.570. The van der Waals surface area contributed by atoms with E-state index in [0.29, 0.717) is 6.41 Å². The van der Waals surface area contributed by atoms with Gasteiger partial charge in [0.25, 0.3) is 0 Å². The number of amidine groups is 1. The molecule has 52 valence electrons. The molecule has 0 bridgehead atoms. The predicted molar refractivity (Wildman–Crippen MR) is 36.0 cm³/mol. The van der Waals surface area contributed by atoms with Gasteiger partial charge in [0.15, 0.2) is 0 Å². The van der Waals surface area contributed by atoms with Crippen LogP contribution in [0.5, 0.6) is 0 Å². The van der Waals surface area contributed by atoms with Crippen molar-refractivity contribution in [3.8, 4) is 0 Å². The normalized spacial score (nSPS) is 10.7.